The number of nitrogen functional groups attached to an aromatic ring is 1. The second-order valence-electron chi connectivity index (χ2n) is 4.89. The minimum absolute atomic E-state index is 0.302. The summed E-state index contributed by atoms with van der Waals surface area (Å²) in [5, 5.41) is 4.33. The first-order valence-corrected chi connectivity index (χ1v) is 6.54. The topological polar surface area (TPSA) is 53.1 Å². The number of methoxy groups -OCH3 is 1. The van der Waals surface area contributed by atoms with Crippen molar-refractivity contribution in [2.45, 2.75) is 32.7 Å². The Hall–Kier alpha value is -1.97. The number of anilines is 1. The van der Waals surface area contributed by atoms with E-state index in [0.717, 1.165) is 30.0 Å². The van der Waals surface area contributed by atoms with E-state index in [2.05, 4.69) is 24.2 Å². The smallest absolute Gasteiger partial charge is 0.124 e. The molecule has 102 valence electrons. The summed E-state index contributed by atoms with van der Waals surface area (Å²) in [4.78, 5) is 0. The lowest BCUT2D eigenvalue weighted by Gasteiger charge is -2.14. The molecule has 1 aromatic carbocycles. The zero-order chi connectivity index (χ0) is 13.8. The first-order valence-electron chi connectivity index (χ1n) is 6.54. The summed E-state index contributed by atoms with van der Waals surface area (Å²) in [5.41, 5.74) is 8.33. The van der Waals surface area contributed by atoms with Crippen molar-refractivity contribution in [2.75, 3.05) is 12.8 Å². The van der Waals surface area contributed by atoms with Crippen molar-refractivity contribution in [2.24, 2.45) is 0 Å². The van der Waals surface area contributed by atoms with E-state index in [1.54, 1.807) is 7.11 Å². The van der Waals surface area contributed by atoms with Crippen LogP contribution in [0.5, 0.6) is 5.75 Å². The Labute approximate surface area is 114 Å². The van der Waals surface area contributed by atoms with Crippen LogP contribution in [0.15, 0.2) is 30.5 Å². The molecule has 0 radical (unpaired) electrons. The van der Waals surface area contributed by atoms with Crippen molar-refractivity contribution in [3.63, 3.8) is 0 Å². The van der Waals surface area contributed by atoms with E-state index in [9.17, 15) is 0 Å². The zero-order valence-electron chi connectivity index (χ0n) is 11.8. The molecule has 2 aromatic rings. The quantitative estimate of drug-likeness (QED) is 0.898. The molecule has 1 heterocycles. The van der Waals surface area contributed by atoms with Gasteiger partial charge < -0.3 is 10.5 Å². The third-order valence-corrected chi connectivity index (χ3v) is 3.45. The maximum Gasteiger partial charge on any atom is 0.124 e. The van der Waals surface area contributed by atoms with E-state index in [1.165, 1.54) is 5.56 Å². The summed E-state index contributed by atoms with van der Waals surface area (Å²) in [5.74, 6) is 1.66. The molecule has 1 aromatic heterocycles. The van der Waals surface area contributed by atoms with E-state index in [4.69, 9.17) is 10.5 Å². The lowest BCUT2D eigenvalue weighted by atomic mass is 10.1. The number of aromatic nitrogens is 2. The highest BCUT2D eigenvalue weighted by molar-refractivity contribution is 5.37. The van der Waals surface area contributed by atoms with Gasteiger partial charge in [-0.1, -0.05) is 12.1 Å². The predicted molar refractivity (Wildman–Crippen MR) is 77.4 cm³/mol. The third-order valence-electron chi connectivity index (χ3n) is 3.45. The number of aryl methyl sites for hydroxylation is 2. The molecular weight excluding hydrogens is 238 g/mol. The summed E-state index contributed by atoms with van der Waals surface area (Å²) in [6.07, 6.45) is 3.83. The third kappa shape index (κ3) is 3.08. The number of nitrogens with two attached hydrogens (primary N) is 1. The second-order valence-corrected chi connectivity index (χ2v) is 4.89. The van der Waals surface area contributed by atoms with Gasteiger partial charge in [-0.25, -0.2) is 4.68 Å². The molecule has 2 rings (SSSR count). The monoisotopic (exact) mass is 259 g/mol. The first-order chi connectivity index (χ1) is 9.11. The Balaban J connectivity index is 1.96. The molecular formula is C15H21N3O. The maximum atomic E-state index is 5.99. The van der Waals surface area contributed by atoms with Crippen LogP contribution in [0.25, 0.3) is 0 Å². The van der Waals surface area contributed by atoms with Crippen LogP contribution in [-0.2, 0) is 6.42 Å². The number of hydrogen-bond donors (Lipinski definition) is 1. The van der Waals surface area contributed by atoms with Crippen molar-refractivity contribution in [3.05, 3.63) is 41.6 Å². The lowest BCUT2D eigenvalue weighted by Crippen LogP contribution is -2.11. The molecule has 0 bridgehead atoms. The van der Waals surface area contributed by atoms with Crippen molar-refractivity contribution < 1.29 is 4.74 Å². The van der Waals surface area contributed by atoms with E-state index in [1.807, 2.05) is 29.9 Å². The number of ether oxygens (including phenoxy) is 1. The number of benzene rings is 1. The van der Waals surface area contributed by atoms with Crippen molar-refractivity contribution in [3.8, 4) is 5.75 Å². The van der Waals surface area contributed by atoms with Crippen LogP contribution in [0.4, 0.5) is 5.82 Å². The van der Waals surface area contributed by atoms with Crippen LogP contribution in [0.2, 0.25) is 0 Å². The number of nitrogens with zero attached hydrogens (tertiary/aromatic N) is 2. The average Bonchev–Trinajstić information content (AvgIpc) is 2.77. The van der Waals surface area contributed by atoms with Crippen molar-refractivity contribution in [1.29, 1.82) is 0 Å². The van der Waals surface area contributed by atoms with Gasteiger partial charge in [0.2, 0.25) is 0 Å². The summed E-state index contributed by atoms with van der Waals surface area (Å²) in [6, 6.07) is 8.49. The van der Waals surface area contributed by atoms with Crippen LogP contribution in [0, 0.1) is 6.92 Å². The van der Waals surface area contributed by atoms with Crippen LogP contribution >= 0.6 is 0 Å². The van der Waals surface area contributed by atoms with Crippen molar-refractivity contribution in [1.82, 2.24) is 9.78 Å². The van der Waals surface area contributed by atoms with E-state index < -0.39 is 0 Å². The second kappa shape index (κ2) is 5.78. The van der Waals surface area contributed by atoms with Gasteiger partial charge in [0.15, 0.2) is 0 Å². The fraction of sp³-hybridized carbons (Fsp3) is 0.400. The predicted octanol–water partition coefficient (Wildman–Crippen LogP) is 2.98. The normalized spacial score (nSPS) is 12.4. The van der Waals surface area contributed by atoms with Crippen molar-refractivity contribution >= 4 is 5.82 Å². The maximum absolute atomic E-state index is 5.99. The molecule has 2 N–H and O–H groups in total. The molecule has 0 aliphatic heterocycles. The molecule has 0 aliphatic rings. The first kappa shape index (κ1) is 13.5. The van der Waals surface area contributed by atoms with Crippen LogP contribution in [0.1, 0.15) is 30.5 Å². The molecule has 19 heavy (non-hydrogen) atoms. The number of rotatable bonds is 5. The summed E-state index contributed by atoms with van der Waals surface area (Å²) in [6.45, 7) is 4.13. The largest absolute Gasteiger partial charge is 0.497 e. The van der Waals surface area contributed by atoms with Crippen LogP contribution in [0.3, 0.4) is 0 Å². The molecule has 0 saturated carbocycles. The van der Waals surface area contributed by atoms with Gasteiger partial charge in [0.05, 0.1) is 19.3 Å². The summed E-state index contributed by atoms with van der Waals surface area (Å²) in [7, 11) is 1.68. The van der Waals surface area contributed by atoms with Gasteiger partial charge in [0, 0.05) is 5.56 Å². The van der Waals surface area contributed by atoms with Gasteiger partial charge >= 0.3 is 0 Å². The Morgan fingerprint density at radius 1 is 1.32 bits per heavy atom. The Kier molecular flexibility index (Phi) is 4.10. The van der Waals surface area contributed by atoms with E-state index in [-0.39, 0.29) is 0 Å². The molecule has 0 fully saturated rings. The summed E-state index contributed by atoms with van der Waals surface area (Å²) < 4.78 is 7.05. The molecule has 4 nitrogen and oxygen atoms in total. The highest BCUT2D eigenvalue weighted by atomic mass is 16.5. The van der Waals surface area contributed by atoms with Gasteiger partial charge in [0.25, 0.3) is 0 Å². The molecule has 0 spiro atoms. The lowest BCUT2D eigenvalue weighted by molar-refractivity contribution is 0.414. The molecule has 0 aliphatic carbocycles. The molecule has 0 amide bonds. The number of hydrogen-bond acceptors (Lipinski definition) is 3. The Bertz CT molecular complexity index is 531. The SMILES string of the molecule is COc1ccc(CCC(C)n2ncc(C)c2N)cc1. The highest BCUT2D eigenvalue weighted by Crippen LogP contribution is 2.20. The molecule has 1 unspecified atom stereocenters. The summed E-state index contributed by atoms with van der Waals surface area (Å²) >= 11 is 0. The van der Waals surface area contributed by atoms with Gasteiger partial charge in [-0.15, -0.1) is 0 Å². The standard InChI is InChI=1S/C15H21N3O/c1-11-10-17-18(15(11)16)12(2)4-5-13-6-8-14(19-3)9-7-13/h6-10,12H,4-5,16H2,1-3H3. The van der Waals surface area contributed by atoms with E-state index >= 15 is 0 Å². The van der Waals surface area contributed by atoms with Crippen LogP contribution in [-0.4, -0.2) is 16.9 Å². The minimum Gasteiger partial charge on any atom is -0.497 e. The minimum atomic E-state index is 0.302. The van der Waals surface area contributed by atoms with Gasteiger partial charge in [-0.3, -0.25) is 0 Å². The Morgan fingerprint density at radius 2 is 2.00 bits per heavy atom. The van der Waals surface area contributed by atoms with Crippen LogP contribution < -0.4 is 10.5 Å². The molecule has 4 heteroatoms. The fourth-order valence-corrected chi connectivity index (χ4v) is 2.10. The molecule has 1 atom stereocenters. The molecule has 0 saturated heterocycles. The van der Waals surface area contributed by atoms with Gasteiger partial charge in [-0.05, 0) is 44.4 Å². The Morgan fingerprint density at radius 3 is 2.53 bits per heavy atom. The zero-order valence-corrected chi connectivity index (χ0v) is 11.8. The van der Waals surface area contributed by atoms with Gasteiger partial charge in [0.1, 0.15) is 11.6 Å². The van der Waals surface area contributed by atoms with Gasteiger partial charge in [-0.2, -0.15) is 5.10 Å². The fourth-order valence-electron chi connectivity index (χ4n) is 2.10. The highest BCUT2D eigenvalue weighted by Gasteiger charge is 2.10. The van der Waals surface area contributed by atoms with E-state index in [0.29, 0.717) is 6.04 Å². The average molecular weight is 259 g/mol.